The fourth-order valence-corrected chi connectivity index (χ4v) is 4.19. The van der Waals surface area contributed by atoms with Crippen LogP contribution in [0.3, 0.4) is 0 Å². The number of hydrogen-bond acceptors (Lipinski definition) is 3. The summed E-state index contributed by atoms with van der Waals surface area (Å²) in [6, 6.07) is 0. The minimum absolute atomic E-state index is 0.0391. The van der Waals surface area contributed by atoms with E-state index in [1.165, 1.54) is 6.92 Å². The number of Topliss-reactive ketones (excluding diaryl/α,β-unsaturated/α-hetero) is 1. The molecule has 2 aliphatic carbocycles. The molecule has 104 valence electrons. The van der Waals surface area contributed by atoms with Gasteiger partial charge in [-0.05, 0) is 32.1 Å². The maximum absolute atomic E-state index is 11.8. The molecule has 0 aromatic rings. The van der Waals surface area contributed by atoms with Crippen LogP contribution in [-0.4, -0.2) is 22.8 Å². The molecule has 0 radical (unpaired) electrons. The van der Waals surface area contributed by atoms with Crippen LogP contribution in [0.15, 0.2) is 24.8 Å². The molecule has 4 atom stereocenters. The highest BCUT2D eigenvalue weighted by molar-refractivity contribution is 5.78. The van der Waals surface area contributed by atoms with Crippen LogP contribution in [0.5, 0.6) is 0 Å². The number of fused-ring (bicyclic) bond motifs is 1. The van der Waals surface area contributed by atoms with Crippen molar-refractivity contribution in [2.24, 2.45) is 16.7 Å². The molecule has 0 aromatic heterocycles. The monoisotopic (exact) mass is 262 g/mol. The lowest BCUT2D eigenvalue weighted by Gasteiger charge is -2.49. The number of hydrogen-bond donors (Lipinski definition) is 1. The molecule has 3 heteroatoms. The van der Waals surface area contributed by atoms with E-state index in [1.807, 2.05) is 19.1 Å². The normalized spacial score (nSPS) is 44.7. The number of carbonyl (C=O) groups is 2. The van der Waals surface area contributed by atoms with E-state index in [-0.39, 0.29) is 18.1 Å². The summed E-state index contributed by atoms with van der Waals surface area (Å²) >= 11 is 0. The van der Waals surface area contributed by atoms with Gasteiger partial charge in [-0.2, -0.15) is 0 Å². The molecule has 2 rings (SSSR count). The molecule has 0 spiro atoms. The minimum Gasteiger partial charge on any atom is -0.389 e. The summed E-state index contributed by atoms with van der Waals surface area (Å²) in [6.45, 7) is 7.25. The third-order valence-corrected chi connectivity index (χ3v) is 5.38. The molecule has 0 aliphatic heterocycles. The quantitative estimate of drug-likeness (QED) is 0.625. The highest BCUT2D eigenvalue weighted by Gasteiger charge is 2.67. The van der Waals surface area contributed by atoms with E-state index in [4.69, 9.17) is 0 Å². The van der Waals surface area contributed by atoms with Crippen molar-refractivity contribution in [1.82, 2.24) is 0 Å². The van der Waals surface area contributed by atoms with Crippen LogP contribution in [0.25, 0.3) is 0 Å². The summed E-state index contributed by atoms with van der Waals surface area (Å²) in [5.74, 6) is -0.154. The average Bonchev–Trinajstić information content (AvgIpc) is 2.54. The van der Waals surface area contributed by atoms with Gasteiger partial charge >= 0.3 is 0 Å². The summed E-state index contributed by atoms with van der Waals surface area (Å²) in [5.41, 5.74) is -2.44. The Morgan fingerprint density at radius 1 is 1.58 bits per heavy atom. The van der Waals surface area contributed by atoms with Gasteiger partial charge in [-0.15, -0.1) is 6.58 Å². The van der Waals surface area contributed by atoms with Crippen molar-refractivity contribution in [3.63, 3.8) is 0 Å². The number of carbonyl (C=O) groups excluding carboxylic acids is 2. The van der Waals surface area contributed by atoms with E-state index < -0.39 is 16.4 Å². The van der Waals surface area contributed by atoms with Gasteiger partial charge in [0.15, 0.2) is 0 Å². The molecule has 0 amide bonds. The molecule has 3 nitrogen and oxygen atoms in total. The van der Waals surface area contributed by atoms with Gasteiger partial charge in [0.05, 0.1) is 11.0 Å². The van der Waals surface area contributed by atoms with Crippen molar-refractivity contribution < 1.29 is 14.7 Å². The maximum atomic E-state index is 11.8. The van der Waals surface area contributed by atoms with Crippen LogP contribution in [0.1, 0.15) is 39.5 Å². The molecule has 2 aliphatic rings. The van der Waals surface area contributed by atoms with Crippen molar-refractivity contribution in [1.29, 1.82) is 0 Å². The predicted molar refractivity (Wildman–Crippen MR) is 73.5 cm³/mol. The first-order chi connectivity index (χ1) is 8.85. The Morgan fingerprint density at radius 2 is 2.26 bits per heavy atom. The van der Waals surface area contributed by atoms with Crippen molar-refractivity contribution in [2.75, 3.05) is 0 Å². The van der Waals surface area contributed by atoms with Crippen LogP contribution in [0.2, 0.25) is 0 Å². The third kappa shape index (κ3) is 1.68. The van der Waals surface area contributed by atoms with E-state index in [0.29, 0.717) is 6.42 Å². The summed E-state index contributed by atoms with van der Waals surface area (Å²) in [4.78, 5) is 23.3. The third-order valence-electron chi connectivity index (χ3n) is 5.38. The first-order valence-corrected chi connectivity index (χ1v) is 6.84. The van der Waals surface area contributed by atoms with Crippen LogP contribution in [0, 0.1) is 16.7 Å². The van der Waals surface area contributed by atoms with Crippen molar-refractivity contribution >= 4 is 12.1 Å². The van der Waals surface area contributed by atoms with E-state index in [2.05, 4.69) is 6.58 Å². The average molecular weight is 262 g/mol. The smallest absolute Gasteiger partial charge is 0.132 e. The molecule has 1 N–H and O–H groups in total. The van der Waals surface area contributed by atoms with Gasteiger partial charge in [-0.25, -0.2) is 0 Å². The fourth-order valence-electron chi connectivity index (χ4n) is 4.19. The van der Waals surface area contributed by atoms with Gasteiger partial charge in [0.2, 0.25) is 0 Å². The van der Waals surface area contributed by atoms with E-state index >= 15 is 0 Å². The van der Waals surface area contributed by atoms with Crippen molar-refractivity contribution in [2.45, 2.75) is 45.1 Å². The van der Waals surface area contributed by atoms with Crippen molar-refractivity contribution in [3.05, 3.63) is 24.8 Å². The first kappa shape index (κ1) is 14.2. The molecule has 0 saturated heterocycles. The van der Waals surface area contributed by atoms with Crippen molar-refractivity contribution in [3.8, 4) is 0 Å². The number of aliphatic hydroxyl groups is 1. The Labute approximate surface area is 114 Å². The Morgan fingerprint density at radius 3 is 2.79 bits per heavy atom. The molecule has 0 unspecified atom stereocenters. The lowest BCUT2D eigenvalue weighted by Crippen LogP contribution is -2.52. The number of aldehydes is 1. The molecule has 1 fully saturated rings. The number of ketones is 1. The van der Waals surface area contributed by atoms with Gasteiger partial charge < -0.3 is 9.90 Å². The Balaban J connectivity index is 2.58. The zero-order valence-corrected chi connectivity index (χ0v) is 11.7. The Bertz CT molecular complexity index is 453. The van der Waals surface area contributed by atoms with Gasteiger partial charge in [0.25, 0.3) is 0 Å². The second-order valence-electron chi connectivity index (χ2n) is 6.28. The first-order valence-electron chi connectivity index (χ1n) is 6.84. The molecule has 1 saturated carbocycles. The van der Waals surface area contributed by atoms with Crippen LogP contribution in [0.4, 0.5) is 0 Å². The lowest BCUT2D eigenvalue weighted by atomic mass is 9.55. The Kier molecular flexibility index (Phi) is 3.29. The van der Waals surface area contributed by atoms with Crippen LogP contribution >= 0.6 is 0 Å². The second-order valence-corrected chi connectivity index (χ2v) is 6.28. The van der Waals surface area contributed by atoms with E-state index in [1.54, 1.807) is 6.08 Å². The van der Waals surface area contributed by atoms with Gasteiger partial charge in [0.1, 0.15) is 12.1 Å². The summed E-state index contributed by atoms with van der Waals surface area (Å²) < 4.78 is 0. The molecular weight excluding hydrogens is 240 g/mol. The van der Waals surface area contributed by atoms with Crippen LogP contribution in [-0.2, 0) is 9.59 Å². The molecule has 0 bridgehead atoms. The summed E-state index contributed by atoms with van der Waals surface area (Å²) in [7, 11) is 0. The minimum atomic E-state index is -1.12. The van der Waals surface area contributed by atoms with Gasteiger partial charge in [-0.3, -0.25) is 4.79 Å². The van der Waals surface area contributed by atoms with E-state index in [0.717, 1.165) is 19.1 Å². The summed E-state index contributed by atoms with van der Waals surface area (Å²) in [6.07, 6.45) is 8.72. The second kappa shape index (κ2) is 4.41. The predicted octanol–water partition coefficient (Wildman–Crippen LogP) is 2.44. The molecular formula is C16H22O3. The largest absolute Gasteiger partial charge is 0.389 e. The standard InChI is InChI=1S/C16H22O3/c1-4-13-10-16(19,9-12(2)18)14(3)7-5-6-8-15(13,14)11-17/h4,6,8,11,13,19H,1,5,7,9-10H2,2-3H3/t13-,14+,15+,16+/m0/s1. The summed E-state index contributed by atoms with van der Waals surface area (Å²) in [5, 5.41) is 11.1. The highest BCUT2D eigenvalue weighted by Crippen LogP contribution is 2.65. The number of rotatable bonds is 4. The van der Waals surface area contributed by atoms with Gasteiger partial charge in [-0.1, -0.05) is 25.2 Å². The van der Waals surface area contributed by atoms with Crippen LogP contribution < -0.4 is 0 Å². The zero-order chi connectivity index (χ0) is 14.3. The zero-order valence-electron chi connectivity index (χ0n) is 11.7. The molecule has 0 heterocycles. The number of allylic oxidation sites excluding steroid dienone is 3. The molecule has 0 aromatic carbocycles. The SMILES string of the molecule is C=C[C@H]1C[C@](O)(CC(C)=O)[C@]2(C)CCC=C[C@@]12C=O. The van der Waals surface area contributed by atoms with Gasteiger partial charge in [0, 0.05) is 11.8 Å². The lowest BCUT2D eigenvalue weighted by molar-refractivity contribution is -0.141. The maximum Gasteiger partial charge on any atom is 0.132 e. The topological polar surface area (TPSA) is 54.4 Å². The molecule has 19 heavy (non-hydrogen) atoms. The Hall–Kier alpha value is -1.22. The van der Waals surface area contributed by atoms with E-state index in [9.17, 15) is 14.7 Å². The highest BCUT2D eigenvalue weighted by atomic mass is 16.3. The fraction of sp³-hybridized carbons (Fsp3) is 0.625.